The first kappa shape index (κ1) is 12.8. The summed E-state index contributed by atoms with van der Waals surface area (Å²) in [6.45, 7) is 0.697. The van der Waals surface area contributed by atoms with Gasteiger partial charge in [-0.05, 0) is 47.1 Å². The van der Waals surface area contributed by atoms with E-state index in [4.69, 9.17) is 0 Å². The van der Waals surface area contributed by atoms with E-state index in [-0.39, 0.29) is 11.8 Å². The molecular weight excluding hydrogens is 282 g/mol. The molecule has 0 saturated heterocycles. The molecule has 4 nitrogen and oxygen atoms in total. The number of aromatic nitrogens is 2. The van der Waals surface area contributed by atoms with Crippen LogP contribution < -0.4 is 5.32 Å². The number of nitrogens with zero attached hydrogens (tertiary/aromatic N) is 2. The largest absolute Gasteiger partial charge is 0.311 e. The van der Waals surface area contributed by atoms with E-state index in [1.54, 1.807) is 17.5 Å². The molecule has 2 aliphatic rings. The fraction of sp³-hybridized carbons (Fsp3) is 0.375. The average molecular weight is 299 g/mol. The van der Waals surface area contributed by atoms with E-state index < -0.39 is 0 Å². The highest BCUT2D eigenvalue weighted by Crippen LogP contribution is 2.43. The first-order valence-corrected chi connectivity index (χ1v) is 8.26. The molecule has 2 bridgehead atoms. The van der Waals surface area contributed by atoms with Crippen molar-refractivity contribution >= 4 is 23.1 Å². The van der Waals surface area contributed by atoms with Crippen molar-refractivity contribution in [2.24, 2.45) is 17.8 Å². The zero-order valence-corrected chi connectivity index (χ0v) is 12.4. The fourth-order valence-corrected chi connectivity index (χ4v) is 4.08. The number of carbonyl (C=O) groups is 1. The maximum absolute atomic E-state index is 12.5. The summed E-state index contributed by atoms with van der Waals surface area (Å²) in [5.74, 6) is 2.10. The molecule has 1 N–H and O–H groups in total. The topological polar surface area (TPSA) is 46.9 Å². The van der Waals surface area contributed by atoms with Crippen LogP contribution in [-0.2, 0) is 11.3 Å². The van der Waals surface area contributed by atoms with Crippen molar-refractivity contribution in [2.75, 3.05) is 5.32 Å². The quantitative estimate of drug-likeness (QED) is 0.882. The number of fused-ring (bicyclic) bond motifs is 2. The Morgan fingerprint density at radius 3 is 3.05 bits per heavy atom. The monoisotopic (exact) mass is 299 g/mol. The number of thiophene rings is 1. The van der Waals surface area contributed by atoms with E-state index in [0.717, 1.165) is 18.7 Å². The maximum atomic E-state index is 12.5. The Morgan fingerprint density at radius 1 is 1.38 bits per heavy atom. The van der Waals surface area contributed by atoms with Gasteiger partial charge in [0.2, 0.25) is 5.91 Å². The molecular formula is C16H17N3OS. The summed E-state index contributed by atoms with van der Waals surface area (Å²) in [7, 11) is 0. The summed E-state index contributed by atoms with van der Waals surface area (Å²) in [4.78, 5) is 12.5. The van der Waals surface area contributed by atoms with Crippen LogP contribution in [0.15, 0.2) is 41.2 Å². The Morgan fingerprint density at radius 2 is 2.33 bits per heavy atom. The second kappa shape index (κ2) is 5.15. The molecule has 1 amide bonds. The molecule has 108 valence electrons. The molecule has 21 heavy (non-hydrogen) atoms. The highest BCUT2D eigenvalue weighted by molar-refractivity contribution is 7.07. The minimum absolute atomic E-state index is 0.129. The molecule has 2 heterocycles. The lowest BCUT2D eigenvalue weighted by molar-refractivity contribution is -0.120. The van der Waals surface area contributed by atoms with Crippen LogP contribution in [0.2, 0.25) is 0 Å². The second-order valence-corrected chi connectivity index (χ2v) is 6.66. The van der Waals surface area contributed by atoms with Gasteiger partial charge in [-0.25, -0.2) is 4.68 Å². The van der Waals surface area contributed by atoms with Gasteiger partial charge in [-0.1, -0.05) is 12.2 Å². The molecule has 1 saturated carbocycles. The molecule has 0 radical (unpaired) electrons. The van der Waals surface area contributed by atoms with Crippen molar-refractivity contribution in [3.8, 4) is 0 Å². The van der Waals surface area contributed by atoms with Crippen LogP contribution in [0.1, 0.15) is 18.4 Å². The molecule has 0 unspecified atom stereocenters. The summed E-state index contributed by atoms with van der Waals surface area (Å²) in [5, 5.41) is 11.5. The smallest absolute Gasteiger partial charge is 0.229 e. The molecule has 3 atom stereocenters. The van der Waals surface area contributed by atoms with Crippen LogP contribution >= 0.6 is 11.3 Å². The number of allylic oxidation sites excluding steroid dienone is 2. The SMILES string of the molecule is O=C(Nc1ccnn1Cc1ccsc1)[C@H]1C[C@H]2C=C[C@H]1C2. The summed E-state index contributed by atoms with van der Waals surface area (Å²) < 4.78 is 1.85. The van der Waals surface area contributed by atoms with Gasteiger partial charge in [0.25, 0.3) is 0 Å². The van der Waals surface area contributed by atoms with E-state index >= 15 is 0 Å². The zero-order chi connectivity index (χ0) is 14.2. The predicted molar refractivity (Wildman–Crippen MR) is 83.1 cm³/mol. The van der Waals surface area contributed by atoms with Crippen molar-refractivity contribution in [3.05, 3.63) is 46.8 Å². The van der Waals surface area contributed by atoms with Crippen molar-refractivity contribution in [3.63, 3.8) is 0 Å². The predicted octanol–water partition coefficient (Wildman–Crippen LogP) is 3.14. The summed E-state index contributed by atoms with van der Waals surface area (Å²) in [6.07, 6.45) is 8.34. The Balaban J connectivity index is 1.46. The Hall–Kier alpha value is -1.88. The molecule has 0 spiro atoms. The molecule has 0 aliphatic heterocycles. The molecule has 1 fully saturated rings. The molecule has 2 aliphatic carbocycles. The van der Waals surface area contributed by atoms with Crippen molar-refractivity contribution in [1.29, 1.82) is 0 Å². The number of hydrogen-bond donors (Lipinski definition) is 1. The molecule has 2 aromatic heterocycles. The molecule has 2 aromatic rings. The number of rotatable bonds is 4. The van der Waals surface area contributed by atoms with Crippen molar-refractivity contribution < 1.29 is 4.79 Å². The summed E-state index contributed by atoms with van der Waals surface area (Å²) in [6, 6.07) is 3.95. The van der Waals surface area contributed by atoms with Crippen LogP contribution in [0.5, 0.6) is 0 Å². The Kier molecular flexibility index (Phi) is 3.15. The summed E-state index contributed by atoms with van der Waals surface area (Å²) in [5.41, 5.74) is 1.21. The third-order valence-electron chi connectivity index (χ3n) is 4.50. The van der Waals surface area contributed by atoms with E-state index in [9.17, 15) is 4.79 Å². The number of amides is 1. The van der Waals surface area contributed by atoms with Gasteiger partial charge in [-0.3, -0.25) is 4.79 Å². The highest BCUT2D eigenvalue weighted by Gasteiger charge is 2.39. The molecule has 0 aromatic carbocycles. The van der Waals surface area contributed by atoms with E-state index in [0.29, 0.717) is 18.4 Å². The van der Waals surface area contributed by atoms with Crippen molar-refractivity contribution in [2.45, 2.75) is 19.4 Å². The third kappa shape index (κ3) is 2.42. The fourth-order valence-electron chi connectivity index (χ4n) is 3.42. The molecule has 4 rings (SSSR count). The Labute approximate surface area is 127 Å². The Bertz CT molecular complexity index is 674. The standard InChI is InChI=1S/C16H17N3OS/c20-16(14-8-11-1-2-13(14)7-11)18-15-3-5-17-19(15)9-12-4-6-21-10-12/h1-6,10-11,13-14H,7-9H2,(H,18,20)/t11-,13-,14-/m0/s1. The number of nitrogens with one attached hydrogen (secondary N) is 1. The normalized spacial score (nSPS) is 26.4. The van der Waals surface area contributed by atoms with Crippen LogP contribution in [0.25, 0.3) is 0 Å². The average Bonchev–Trinajstić information content (AvgIpc) is 3.23. The minimum atomic E-state index is 0.129. The van der Waals surface area contributed by atoms with E-state index in [2.05, 4.69) is 39.4 Å². The minimum Gasteiger partial charge on any atom is -0.311 e. The van der Waals surface area contributed by atoms with E-state index in [1.807, 2.05) is 10.7 Å². The van der Waals surface area contributed by atoms with Gasteiger partial charge >= 0.3 is 0 Å². The van der Waals surface area contributed by atoms with Crippen LogP contribution in [0, 0.1) is 17.8 Å². The summed E-state index contributed by atoms with van der Waals surface area (Å²) >= 11 is 1.67. The van der Waals surface area contributed by atoms with Gasteiger partial charge in [-0.2, -0.15) is 16.4 Å². The number of anilines is 1. The van der Waals surface area contributed by atoms with Crippen LogP contribution in [0.4, 0.5) is 5.82 Å². The van der Waals surface area contributed by atoms with Crippen LogP contribution in [-0.4, -0.2) is 15.7 Å². The molecule has 5 heteroatoms. The third-order valence-corrected chi connectivity index (χ3v) is 5.23. The first-order chi connectivity index (χ1) is 10.3. The number of carbonyl (C=O) groups excluding carboxylic acids is 1. The first-order valence-electron chi connectivity index (χ1n) is 7.31. The zero-order valence-electron chi connectivity index (χ0n) is 11.6. The van der Waals surface area contributed by atoms with Gasteiger partial charge < -0.3 is 5.32 Å². The van der Waals surface area contributed by atoms with Gasteiger partial charge in [0.1, 0.15) is 5.82 Å². The lowest BCUT2D eigenvalue weighted by Crippen LogP contribution is -2.27. The second-order valence-electron chi connectivity index (χ2n) is 5.88. The van der Waals surface area contributed by atoms with Gasteiger partial charge in [0.15, 0.2) is 0 Å². The lowest BCUT2D eigenvalue weighted by atomic mass is 9.93. The maximum Gasteiger partial charge on any atom is 0.229 e. The van der Waals surface area contributed by atoms with Crippen molar-refractivity contribution in [1.82, 2.24) is 9.78 Å². The van der Waals surface area contributed by atoms with Crippen LogP contribution in [0.3, 0.4) is 0 Å². The number of hydrogen-bond acceptors (Lipinski definition) is 3. The van der Waals surface area contributed by atoms with Gasteiger partial charge in [-0.15, -0.1) is 0 Å². The highest BCUT2D eigenvalue weighted by atomic mass is 32.1. The van der Waals surface area contributed by atoms with Gasteiger partial charge in [0.05, 0.1) is 12.7 Å². The van der Waals surface area contributed by atoms with E-state index in [1.165, 1.54) is 5.56 Å². The van der Waals surface area contributed by atoms with Gasteiger partial charge in [0, 0.05) is 12.0 Å². The lowest BCUT2D eigenvalue weighted by Gasteiger charge is -2.18.